The molecule has 8 heteroatoms. The molecule has 3 aromatic rings. The summed E-state index contributed by atoms with van der Waals surface area (Å²) in [5.74, 6) is 0.262. The molecule has 8 nitrogen and oxygen atoms in total. The molecule has 1 aliphatic rings. The minimum atomic E-state index is -0.620. The molecule has 1 aliphatic heterocycles. The number of carbonyl (C=O) groups is 2. The minimum Gasteiger partial charge on any atom is -0.471 e. The quantitative estimate of drug-likeness (QED) is 0.676. The Morgan fingerprint density at radius 2 is 1.83 bits per heavy atom. The van der Waals surface area contributed by atoms with Crippen LogP contribution in [0.2, 0.25) is 0 Å². The number of alkyl carbamates (subject to hydrolysis) is 1. The Bertz CT molecular complexity index is 1030. The molecule has 1 saturated heterocycles. The number of carbonyl (C=O) groups excluding carboxylic acids is 2. The van der Waals surface area contributed by atoms with Gasteiger partial charge in [0.25, 0.3) is 0 Å². The first-order chi connectivity index (χ1) is 14.7. The molecule has 1 aromatic heterocycles. The standard InChI is InChI=1S/C22H22N4O4/c27-21(13-24-22(28)29-15-16-6-2-1-3-7-16)26-11-10-17(14-26)30-20-12-23-18-8-4-5-9-19(18)25-20/h1-9,12,17H,10-11,13-15H2,(H,24,28). The summed E-state index contributed by atoms with van der Waals surface area (Å²) in [6.07, 6.45) is 1.51. The van der Waals surface area contributed by atoms with E-state index in [1.54, 1.807) is 11.1 Å². The number of nitrogens with one attached hydrogen (secondary N) is 1. The van der Waals surface area contributed by atoms with Crippen LogP contribution in [0.4, 0.5) is 4.79 Å². The molecule has 2 heterocycles. The summed E-state index contributed by atoms with van der Waals surface area (Å²) in [5, 5.41) is 2.50. The number of nitrogens with zero attached hydrogens (tertiary/aromatic N) is 3. The highest BCUT2D eigenvalue weighted by Crippen LogP contribution is 2.18. The van der Waals surface area contributed by atoms with E-state index >= 15 is 0 Å². The van der Waals surface area contributed by atoms with Crippen molar-refractivity contribution in [2.75, 3.05) is 19.6 Å². The van der Waals surface area contributed by atoms with Crippen LogP contribution in [0.15, 0.2) is 60.8 Å². The fraction of sp³-hybridized carbons (Fsp3) is 0.273. The van der Waals surface area contributed by atoms with Crippen molar-refractivity contribution in [3.05, 3.63) is 66.4 Å². The number of hydrogen-bond donors (Lipinski definition) is 1. The van der Waals surface area contributed by atoms with Crippen LogP contribution in [0.1, 0.15) is 12.0 Å². The molecule has 0 bridgehead atoms. The maximum atomic E-state index is 12.4. The third kappa shape index (κ3) is 5.02. The van der Waals surface area contributed by atoms with E-state index in [-0.39, 0.29) is 25.2 Å². The first-order valence-electron chi connectivity index (χ1n) is 9.78. The SMILES string of the molecule is O=C(NCC(=O)N1CCC(Oc2cnc3ccccc3n2)C1)OCc1ccccc1. The van der Waals surface area contributed by atoms with Gasteiger partial charge < -0.3 is 19.7 Å². The van der Waals surface area contributed by atoms with Crippen LogP contribution in [0, 0.1) is 0 Å². The van der Waals surface area contributed by atoms with E-state index in [0.717, 1.165) is 16.6 Å². The molecule has 1 fully saturated rings. The van der Waals surface area contributed by atoms with Crippen molar-refractivity contribution < 1.29 is 19.1 Å². The lowest BCUT2D eigenvalue weighted by molar-refractivity contribution is -0.129. The Hall–Kier alpha value is -3.68. The lowest BCUT2D eigenvalue weighted by atomic mass is 10.2. The average molecular weight is 406 g/mol. The Kier molecular flexibility index (Phi) is 6.03. The van der Waals surface area contributed by atoms with Crippen molar-refractivity contribution in [3.63, 3.8) is 0 Å². The van der Waals surface area contributed by atoms with Gasteiger partial charge in [0.2, 0.25) is 11.8 Å². The number of benzene rings is 2. The molecule has 4 rings (SSSR count). The summed E-state index contributed by atoms with van der Waals surface area (Å²) in [7, 11) is 0. The molecule has 0 radical (unpaired) electrons. The van der Waals surface area contributed by atoms with Gasteiger partial charge in [-0.3, -0.25) is 4.79 Å². The fourth-order valence-electron chi connectivity index (χ4n) is 3.25. The van der Waals surface area contributed by atoms with Crippen molar-refractivity contribution in [2.24, 2.45) is 0 Å². The number of hydrogen-bond acceptors (Lipinski definition) is 6. The average Bonchev–Trinajstić information content (AvgIpc) is 3.25. The van der Waals surface area contributed by atoms with E-state index in [2.05, 4.69) is 15.3 Å². The summed E-state index contributed by atoms with van der Waals surface area (Å²) in [6.45, 7) is 1.04. The molecule has 0 saturated carbocycles. The van der Waals surface area contributed by atoms with Gasteiger partial charge in [0.05, 0.1) is 23.8 Å². The third-order valence-electron chi connectivity index (χ3n) is 4.81. The van der Waals surface area contributed by atoms with Crippen LogP contribution in [0.25, 0.3) is 11.0 Å². The zero-order chi connectivity index (χ0) is 20.8. The molecular formula is C22H22N4O4. The van der Waals surface area contributed by atoms with E-state index in [9.17, 15) is 9.59 Å². The Labute approximate surface area is 173 Å². The molecule has 154 valence electrons. The summed E-state index contributed by atoms with van der Waals surface area (Å²) in [6, 6.07) is 16.9. The van der Waals surface area contributed by atoms with Gasteiger partial charge >= 0.3 is 6.09 Å². The second-order valence-corrected chi connectivity index (χ2v) is 6.98. The normalized spacial score (nSPS) is 15.7. The topological polar surface area (TPSA) is 93.7 Å². The van der Waals surface area contributed by atoms with Crippen molar-refractivity contribution >= 4 is 23.0 Å². The third-order valence-corrected chi connectivity index (χ3v) is 4.81. The Morgan fingerprint density at radius 1 is 1.07 bits per heavy atom. The van der Waals surface area contributed by atoms with Gasteiger partial charge in [0, 0.05) is 13.0 Å². The molecule has 30 heavy (non-hydrogen) atoms. The molecule has 2 amide bonds. The number of likely N-dealkylation sites (tertiary alicyclic amines) is 1. The first kappa shape index (κ1) is 19.6. The number of fused-ring (bicyclic) bond motifs is 1. The minimum absolute atomic E-state index is 0.115. The zero-order valence-electron chi connectivity index (χ0n) is 16.4. The van der Waals surface area contributed by atoms with Crippen LogP contribution in [0.3, 0.4) is 0 Å². The largest absolute Gasteiger partial charge is 0.471 e. The van der Waals surface area contributed by atoms with Crippen molar-refractivity contribution in [3.8, 4) is 5.88 Å². The molecule has 0 spiro atoms. The summed E-state index contributed by atoms with van der Waals surface area (Å²) >= 11 is 0. The van der Waals surface area contributed by atoms with E-state index in [0.29, 0.717) is 25.4 Å². The van der Waals surface area contributed by atoms with Gasteiger partial charge in [-0.25, -0.2) is 14.8 Å². The number of amides is 2. The van der Waals surface area contributed by atoms with E-state index < -0.39 is 6.09 Å². The maximum absolute atomic E-state index is 12.4. The Balaban J connectivity index is 1.21. The van der Waals surface area contributed by atoms with Crippen molar-refractivity contribution in [2.45, 2.75) is 19.1 Å². The second-order valence-electron chi connectivity index (χ2n) is 6.98. The molecule has 1 N–H and O–H groups in total. The summed E-state index contributed by atoms with van der Waals surface area (Å²) in [5.41, 5.74) is 2.45. The van der Waals surface area contributed by atoms with Crippen LogP contribution in [0.5, 0.6) is 5.88 Å². The fourth-order valence-corrected chi connectivity index (χ4v) is 3.25. The van der Waals surface area contributed by atoms with E-state index in [4.69, 9.17) is 9.47 Å². The first-order valence-corrected chi connectivity index (χ1v) is 9.78. The second kappa shape index (κ2) is 9.21. The van der Waals surface area contributed by atoms with Crippen LogP contribution < -0.4 is 10.1 Å². The highest BCUT2D eigenvalue weighted by Gasteiger charge is 2.28. The molecule has 1 unspecified atom stereocenters. The van der Waals surface area contributed by atoms with E-state index in [1.807, 2.05) is 54.6 Å². The molecule has 1 atom stereocenters. The van der Waals surface area contributed by atoms with Crippen LogP contribution >= 0.6 is 0 Å². The smallest absolute Gasteiger partial charge is 0.407 e. The van der Waals surface area contributed by atoms with E-state index in [1.165, 1.54) is 0 Å². The number of aromatic nitrogens is 2. The zero-order valence-corrected chi connectivity index (χ0v) is 16.4. The number of para-hydroxylation sites is 2. The molecular weight excluding hydrogens is 384 g/mol. The number of ether oxygens (including phenoxy) is 2. The maximum Gasteiger partial charge on any atom is 0.407 e. The molecule has 0 aliphatic carbocycles. The van der Waals surface area contributed by atoms with Gasteiger partial charge in [0.1, 0.15) is 19.3 Å². The van der Waals surface area contributed by atoms with Crippen molar-refractivity contribution in [1.29, 1.82) is 0 Å². The van der Waals surface area contributed by atoms with Gasteiger partial charge in [-0.15, -0.1) is 0 Å². The number of rotatable bonds is 6. The molecule has 2 aromatic carbocycles. The van der Waals surface area contributed by atoms with Crippen molar-refractivity contribution in [1.82, 2.24) is 20.2 Å². The van der Waals surface area contributed by atoms with Crippen LogP contribution in [-0.2, 0) is 16.1 Å². The van der Waals surface area contributed by atoms with Gasteiger partial charge in [-0.05, 0) is 17.7 Å². The Morgan fingerprint density at radius 3 is 2.67 bits per heavy atom. The van der Waals surface area contributed by atoms with Gasteiger partial charge in [0.15, 0.2) is 0 Å². The predicted octanol–water partition coefficient (Wildman–Crippen LogP) is 2.54. The monoisotopic (exact) mass is 406 g/mol. The van der Waals surface area contributed by atoms with Crippen LogP contribution in [-0.4, -0.2) is 52.6 Å². The summed E-state index contributed by atoms with van der Waals surface area (Å²) in [4.78, 5) is 34.6. The predicted molar refractivity (Wildman–Crippen MR) is 110 cm³/mol. The van der Waals surface area contributed by atoms with Gasteiger partial charge in [-0.2, -0.15) is 0 Å². The summed E-state index contributed by atoms with van der Waals surface area (Å²) < 4.78 is 11.0. The lowest BCUT2D eigenvalue weighted by Crippen LogP contribution is -2.40. The lowest BCUT2D eigenvalue weighted by Gasteiger charge is -2.17. The highest BCUT2D eigenvalue weighted by molar-refractivity contribution is 5.82. The highest BCUT2D eigenvalue weighted by atomic mass is 16.5. The van der Waals surface area contributed by atoms with Gasteiger partial charge in [-0.1, -0.05) is 42.5 Å².